The number of piperidine rings is 2. The van der Waals surface area contributed by atoms with Crippen LogP contribution in [0.1, 0.15) is 53.7 Å². The van der Waals surface area contributed by atoms with Crippen molar-refractivity contribution in [2.45, 2.75) is 50.7 Å². The molecule has 4 amide bonds. The first-order chi connectivity index (χ1) is 21.4. The highest BCUT2D eigenvalue weighted by molar-refractivity contribution is 6.07. The van der Waals surface area contributed by atoms with Gasteiger partial charge in [-0.15, -0.1) is 0 Å². The molecule has 2 aromatic carbocycles. The van der Waals surface area contributed by atoms with Crippen molar-refractivity contribution in [3.05, 3.63) is 71.7 Å². The second kappa shape index (κ2) is 12.6. The smallest absolute Gasteiger partial charge is 0.255 e. The molecule has 44 heavy (non-hydrogen) atoms. The molecule has 0 aliphatic carbocycles. The lowest BCUT2D eigenvalue weighted by atomic mass is 10.0. The van der Waals surface area contributed by atoms with E-state index in [-0.39, 0.29) is 49.8 Å². The number of carbonyl (C=O) groups is 4. The van der Waals surface area contributed by atoms with Gasteiger partial charge in [-0.1, -0.05) is 12.1 Å². The van der Waals surface area contributed by atoms with Gasteiger partial charge in [-0.3, -0.25) is 29.5 Å². The third kappa shape index (κ3) is 6.14. The van der Waals surface area contributed by atoms with E-state index in [1.807, 2.05) is 29.2 Å². The Morgan fingerprint density at radius 2 is 1.89 bits per heavy atom. The number of hydrogen-bond donors (Lipinski definition) is 3. The number of benzene rings is 2. The van der Waals surface area contributed by atoms with Crippen molar-refractivity contribution in [3.63, 3.8) is 0 Å². The molecule has 2 fully saturated rings. The predicted molar refractivity (Wildman–Crippen MR) is 162 cm³/mol. The van der Waals surface area contributed by atoms with Crippen LogP contribution in [0, 0.1) is 5.41 Å². The zero-order chi connectivity index (χ0) is 30.6. The van der Waals surface area contributed by atoms with Crippen molar-refractivity contribution >= 4 is 46.4 Å². The van der Waals surface area contributed by atoms with Gasteiger partial charge in [0.1, 0.15) is 11.8 Å². The van der Waals surface area contributed by atoms with Crippen LogP contribution >= 0.6 is 0 Å². The highest BCUT2D eigenvalue weighted by Crippen LogP contribution is 2.30. The molecule has 3 aliphatic heterocycles. The van der Waals surface area contributed by atoms with Crippen LogP contribution in [0.2, 0.25) is 0 Å². The van der Waals surface area contributed by atoms with Gasteiger partial charge in [-0.25, -0.2) is 4.98 Å². The Balaban J connectivity index is 0.956. The predicted octanol–water partition coefficient (Wildman–Crippen LogP) is 2.43. The fourth-order valence-corrected chi connectivity index (χ4v) is 5.84. The minimum atomic E-state index is -0.665. The Morgan fingerprint density at radius 1 is 1.09 bits per heavy atom. The van der Waals surface area contributed by atoms with E-state index in [0.717, 1.165) is 29.4 Å². The van der Waals surface area contributed by atoms with E-state index in [1.165, 1.54) is 11.1 Å². The first-order valence-corrected chi connectivity index (χ1v) is 14.8. The van der Waals surface area contributed by atoms with E-state index in [0.29, 0.717) is 42.1 Å². The summed E-state index contributed by atoms with van der Waals surface area (Å²) in [5, 5.41) is 13.5. The van der Waals surface area contributed by atoms with Gasteiger partial charge in [0.2, 0.25) is 17.7 Å². The average molecular weight is 596 g/mol. The average Bonchev–Trinajstić information content (AvgIpc) is 3.36. The number of aromatic nitrogens is 2. The number of nitrogens with one attached hydrogen (secondary N) is 3. The molecule has 12 heteroatoms. The zero-order valence-electron chi connectivity index (χ0n) is 24.1. The van der Waals surface area contributed by atoms with E-state index in [1.54, 1.807) is 30.6 Å². The van der Waals surface area contributed by atoms with Gasteiger partial charge >= 0.3 is 0 Å². The maximum atomic E-state index is 12.9. The molecule has 12 nitrogen and oxygen atoms in total. The Morgan fingerprint density at radius 3 is 2.66 bits per heavy atom. The molecule has 1 atom stereocenters. The van der Waals surface area contributed by atoms with Crippen molar-refractivity contribution in [3.8, 4) is 5.75 Å². The molecule has 1 unspecified atom stereocenters. The second-order valence-electron chi connectivity index (χ2n) is 11.1. The molecule has 4 heterocycles. The molecule has 0 spiro atoms. The standard InChI is InChI=1S/C32H33N7O5/c33-16-21(27-18-35-25-3-1-2-4-26(25)36-27)17-34-22-9-12-38(13-10-22)30(41)11-14-44-23-5-6-24-20(15-23)19-39(32(24)43)28-7-8-29(40)37-31(28)42/h1-6,15-18,22,28,33-34H,7-14,19H2,(H,37,40,42)/b21-17+,33-16?. The third-order valence-electron chi connectivity index (χ3n) is 8.30. The fourth-order valence-electron chi connectivity index (χ4n) is 5.84. The van der Waals surface area contributed by atoms with Gasteiger partial charge in [-0.2, -0.15) is 0 Å². The summed E-state index contributed by atoms with van der Waals surface area (Å²) in [6.45, 7) is 1.72. The number of rotatable bonds is 9. The van der Waals surface area contributed by atoms with Crippen molar-refractivity contribution in [1.29, 1.82) is 5.41 Å². The van der Waals surface area contributed by atoms with Gasteiger partial charge in [0.25, 0.3) is 5.91 Å². The van der Waals surface area contributed by atoms with E-state index in [9.17, 15) is 19.2 Å². The number of hydrogen-bond acceptors (Lipinski definition) is 9. The quantitative estimate of drug-likeness (QED) is 0.251. The first kappa shape index (κ1) is 29.0. The molecule has 3 aliphatic rings. The molecule has 1 aromatic heterocycles. The van der Waals surface area contributed by atoms with Crippen LogP contribution < -0.4 is 15.4 Å². The molecule has 3 N–H and O–H groups in total. The lowest BCUT2D eigenvalue weighted by Gasteiger charge is -2.32. The summed E-state index contributed by atoms with van der Waals surface area (Å²) in [4.78, 5) is 61.9. The highest BCUT2D eigenvalue weighted by atomic mass is 16.5. The van der Waals surface area contributed by atoms with Gasteiger partial charge in [0, 0.05) is 55.6 Å². The summed E-state index contributed by atoms with van der Waals surface area (Å²) in [5.41, 5.74) is 4.11. The highest BCUT2D eigenvalue weighted by Gasteiger charge is 2.39. The van der Waals surface area contributed by atoms with Gasteiger partial charge in [0.15, 0.2) is 0 Å². The monoisotopic (exact) mass is 595 g/mol. The molecule has 2 saturated heterocycles. The van der Waals surface area contributed by atoms with Crippen molar-refractivity contribution in [1.82, 2.24) is 30.4 Å². The largest absolute Gasteiger partial charge is 0.493 e. The van der Waals surface area contributed by atoms with E-state index in [4.69, 9.17) is 10.1 Å². The van der Waals surface area contributed by atoms with Crippen molar-refractivity contribution in [2.75, 3.05) is 19.7 Å². The molecule has 3 aromatic rings. The molecule has 0 radical (unpaired) electrons. The van der Waals surface area contributed by atoms with Crippen LogP contribution in [0.4, 0.5) is 0 Å². The SMILES string of the molecule is N=C/C(=C\NC1CCN(C(=O)CCOc2ccc3c(c2)CN(C2CCC(=O)NC2=O)C3=O)CC1)c1cnc2ccccc2n1. The van der Waals surface area contributed by atoms with Crippen LogP contribution in [0.3, 0.4) is 0 Å². The Labute approximate surface area is 254 Å². The maximum Gasteiger partial charge on any atom is 0.255 e. The number of ether oxygens (including phenoxy) is 1. The number of likely N-dealkylation sites (tertiary alicyclic amines) is 1. The van der Waals surface area contributed by atoms with Gasteiger partial charge in [-0.05, 0) is 55.2 Å². The van der Waals surface area contributed by atoms with Crippen molar-refractivity contribution in [2.24, 2.45) is 0 Å². The van der Waals surface area contributed by atoms with Crippen LogP contribution in [-0.4, -0.2) is 81.4 Å². The Bertz CT molecular complexity index is 1660. The number of imide groups is 1. The number of allylic oxidation sites excluding steroid dienone is 1. The summed E-state index contributed by atoms with van der Waals surface area (Å²) in [7, 11) is 0. The van der Waals surface area contributed by atoms with Crippen LogP contribution in [0.25, 0.3) is 16.6 Å². The van der Waals surface area contributed by atoms with Gasteiger partial charge in [0.05, 0.1) is 36.0 Å². The normalized spacial score (nSPS) is 19.1. The number of nitrogens with zero attached hydrogens (tertiary/aromatic N) is 4. The molecule has 0 bridgehead atoms. The Kier molecular flexibility index (Phi) is 8.31. The van der Waals surface area contributed by atoms with Crippen LogP contribution in [0.5, 0.6) is 5.75 Å². The van der Waals surface area contributed by atoms with E-state index >= 15 is 0 Å². The number of amides is 4. The van der Waals surface area contributed by atoms with Gasteiger partial charge < -0.3 is 25.3 Å². The first-order valence-electron chi connectivity index (χ1n) is 14.8. The molecule has 6 rings (SSSR count). The topological polar surface area (TPSA) is 158 Å². The minimum Gasteiger partial charge on any atom is -0.493 e. The molecular formula is C32H33N7O5. The zero-order valence-corrected chi connectivity index (χ0v) is 24.1. The van der Waals surface area contributed by atoms with E-state index < -0.39 is 11.9 Å². The molecule has 226 valence electrons. The van der Waals surface area contributed by atoms with E-state index in [2.05, 4.69) is 20.6 Å². The second-order valence-corrected chi connectivity index (χ2v) is 11.1. The lowest BCUT2D eigenvalue weighted by molar-refractivity contribution is -0.137. The fraction of sp³-hybridized carbons (Fsp3) is 0.344. The number of para-hydroxylation sites is 2. The van der Waals surface area contributed by atoms with Crippen molar-refractivity contribution < 1.29 is 23.9 Å². The summed E-state index contributed by atoms with van der Waals surface area (Å²) < 4.78 is 5.86. The summed E-state index contributed by atoms with van der Waals surface area (Å²) in [6.07, 6.45) is 7.04. The third-order valence-corrected chi connectivity index (χ3v) is 8.30. The summed E-state index contributed by atoms with van der Waals surface area (Å²) in [5.74, 6) is -0.421. The van der Waals surface area contributed by atoms with Crippen LogP contribution in [0.15, 0.2) is 54.9 Å². The lowest BCUT2D eigenvalue weighted by Crippen LogP contribution is -2.52. The number of carbonyl (C=O) groups excluding carboxylic acids is 4. The Hall–Kier alpha value is -5.13. The summed E-state index contributed by atoms with van der Waals surface area (Å²) in [6, 6.07) is 12.3. The minimum absolute atomic E-state index is 0.0194. The molecular weight excluding hydrogens is 562 g/mol. The maximum absolute atomic E-state index is 12.9. The number of fused-ring (bicyclic) bond motifs is 2. The van der Waals surface area contributed by atoms with Crippen LogP contribution in [-0.2, 0) is 20.9 Å². The molecule has 0 saturated carbocycles. The summed E-state index contributed by atoms with van der Waals surface area (Å²) >= 11 is 0.